The van der Waals surface area contributed by atoms with E-state index in [4.69, 9.17) is 9.47 Å². The summed E-state index contributed by atoms with van der Waals surface area (Å²) < 4.78 is 10.8. The van der Waals surface area contributed by atoms with Gasteiger partial charge in [0.15, 0.2) is 0 Å². The molecular weight excluding hydrogens is 380 g/mol. The number of ether oxygens (including phenoxy) is 2. The lowest BCUT2D eigenvalue weighted by atomic mass is 10.1. The minimum Gasteiger partial charge on any atom is -0.461 e. The quantitative estimate of drug-likeness (QED) is 0.624. The van der Waals surface area contributed by atoms with Crippen LogP contribution in [-0.4, -0.2) is 74.2 Å². The minimum atomic E-state index is -0.274. The van der Waals surface area contributed by atoms with Crippen LogP contribution in [-0.2, 0) is 9.47 Å². The van der Waals surface area contributed by atoms with Gasteiger partial charge in [0.2, 0.25) is 0 Å². The second kappa shape index (κ2) is 10.9. The summed E-state index contributed by atoms with van der Waals surface area (Å²) in [5.41, 5.74) is 3.42. The van der Waals surface area contributed by atoms with Crippen molar-refractivity contribution >= 4 is 11.9 Å². The first-order valence-electron chi connectivity index (χ1n) is 10.4. The van der Waals surface area contributed by atoms with E-state index >= 15 is 0 Å². The molecule has 0 radical (unpaired) electrons. The summed E-state index contributed by atoms with van der Waals surface area (Å²) in [7, 11) is 0. The molecule has 1 aliphatic rings. The molecule has 6 nitrogen and oxygen atoms in total. The highest BCUT2D eigenvalue weighted by atomic mass is 16.5. The van der Waals surface area contributed by atoms with Crippen molar-refractivity contribution in [2.45, 2.75) is 13.8 Å². The molecule has 0 amide bonds. The third kappa shape index (κ3) is 6.68. The van der Waals surface area contributed by atoms with Crippen LogP contribution in [0.1, 0.15) is 31.8 Å². The van der Waals surface area contributed by atoms with Gasteiger partial charge in [0.05, 0.1) is 11.1 Å². The van der Waals surface area contributed by atoms with Crippen LogP contribution >= 0.6 is 0 Å². The molecule has 2 aromatic rings. The van der Waals surface area contributed by atoms with Crippen LogP contribution in [0.4, 0.5) is 0 Å². The number of aryl methyl sites for hydroxylation is 2. The van der Waals surface area contributed by atoms with Crippen molar-refractivity contribution in [3.05, 3.63) is 70.8 Å². The molecule has 0 aromatic heterocycles. The van der Waals surface area contributed by atoms with Gasteiger partial charge in [-0.25, -0.2) is 9.59 Å². The first-order valence-corrected chi connectivity index (χ1v) is 10.4. The van der Waals surface area contributed by atoms with Crippen molar-refractivity contribution in [3.8, 4) is 0 Å². The lowest BCUT2D eigenvalue weighted by Gasteiger charge is -2.34. The summed E-state index contributed by atoms with van der Waals surface area (Å²) >= 11 is 0. The molecule has 0 aliphatic carbocycles. The topological polar surface area (TPSA) is 59.1 Å². The van der Waals surface area contributed by atoms with Crippen molar-refractivity contribution in [1.82, 2.24) is 9.80 Å². The van der Waals surface area contributed by atoms with Crippen molar-refractivity contribution < 1.29 is 19.1 Å². The predicted molar refractivity (Wildman–Crippen MR) is 116 cm³/mol. The number of hydrogen-bond donors (Lipinski definition) is 0. The Bertz CT molecular complexity index is 754. The number of carbonyl (C=O) groups is 2. The van der Waals surface area contributed by atoms with Crippen LogP contribution in [0, 0.1) is 13.8 Å². The summed E-state index contributed by atoms with van der Waals surface area (Å²) in [6.45, 7) is 9.86. The molecule has 0 N–H and O–H groups in total. The normalized spacial score (nSPS) is 15.0. The summed E-state index contributed by atoms with van der Waals surface area (Å²) in [6, 6.07) is 14.8. The molecule has 160 valence electrons. The lowest BCUT2D eigenvalue weighted by molar-refractivity contribution is 0.0352. The minimum absolute atomic E-state index is 0.274. The largest absolute Gasteiger partial charge is 0.461 e. The molecule has 1 aliphatic heterocycles. The van der Waals surface area contributed by atoms with E-state index in [-0.39, 0.29) is 11.9 Å². The number of nitrogens with zero attached hydrogens (tertiary/aromatic N) is 2. The van der Waals surface area contributed by atoms with Crippen LogP contribution in [0.2, 0.25) is 0 Å². The number of piperazine rings is 1. The predicted octanol–water partition coefficient (Wildman–Crippen LogP) is 2.93. The molecule has 2 aromatic carbocycles. The molecule has 0 unspecified atom stereocenters. The second-order valence-electron chi connectivity index (χ2n) is 7.69. The zero-order chi connectivity index (χ0) is 21.3. The van der Waals surface area contributed by atoms with Crippen molar-refractivity contribution in [3.63, 3.8) is 0 Å². The Kier molecular flexibility index (Phi) is 7.99. The van der Waals surface area contributed by atoms with E-state index in [1.165, 1.54) is 0 Å². The Morgan fingerprint density at radius 3 is 1.33 bits per heavy atom. The van der Waals surface area contributed by atoms with Gasteiger partial charge in [-0.3, -0.25) is 9.80 Å². The molecule has 1 heterocycles. The smallest absolute Gasteiger partial charge is 0.338 e. The van der Waals surface area contributed by atoms with E-state index in [0.29, 0.717) is 24.3 Å². The average Bonchev–Trinajstić information content (AvgIpc) is 2.75. The van der Waals surface area contributed by atoms with Gasteiger partial charge < -0.3 is 9.47 Å². The highest BCUT2D eigenvalue weighted by Gasteiger charge is 2.17. The van der Waals surface area contributed by atoms with Gasteiger partial charge in [0.25, 0.3) is 0 Å². The third-order valence-corrected chi connectivity index (χ3v) is 5.32. The van der Waals surface area contributed by atoms with Gasteiger partial charge in [-0.1, -0.05) is 35.4 Å². The maximum Gasteiger partial charge on any atom is 0.338 e. The molecule has 0 atom stereocenters. The summed E-state index contributed by atoms with van der Waals surface area (Å²) in [4.78, 5) is 28.7. The van der Waals surface area contributed by atoms with E-state index < -0.39 is 0 Å². The molecule has 30 heavy (non-hydrogen) atoms. The average molecular weight is 411 g/mol. The number of hydrogen-bond acceptors (Lipinski definition) is 6. The molecule has 1 saturated heterocycles. The number of rotatable bonds is 8. The standard InChI is InChI=1S/C24H30N2O4/c1-19-3-7-21(8-4-19)23(27)29-17-15-25-11-13-26(14-12-25)16-18-30-24(28)22-9-5-20(2)6-10-22/h3-10H,11-18H2,1-2H3. The second-order valence-corrected chi connectivity index (χ2v) is 7.69. The SMILES string of the molecule is Cc1ccc(C(=O)OCCN2CCN(CCOC(=O)c3ccc(C)cc3)CC2)cc1. The molecule has 3 rings (SSSR count). The molecule has 1 fully saturated rings. The highest BCUT2D eigenvalue weighted by molar-refractivity contribution is 5.89. The van der Waals surface area contributed by atoms with Crippen molar-refractivity contribution in [1.29, 1.82) is 0 Å². The Morgan fingerprint density at radius 1 is 0.667 bits per heavy atom. The van der Waals surface area contributed by atoms with Crippen LogP contribution in [0.25, 0.3) is 0 Å². The van der Waals surface area contributed by atoms with Crippen LogP contribution in [0.15, 0.2) is 48.5 Å². The maximum atomic E-state index is 12.1. The summed E-state index contributed by atoms with van der Waals surface area (Å²) in [5.74, 6) is -0.548. The van der Waals surface area contributed by atoms with E-state index in [1.807, 2.05) is 38.1 Å². The maximum absolute atomic E-state index is 12.1. The van der Waals surface area contributed by atoms with E-state index in [0.717, 1.165) is 50.4 Å². The van der Waals surface area contributed by atoms with Crippen molar-refractivity contribution in [2.24, 2.45) is 0 Å². The van der Waals surface area contributed by atoms with Crippen LogP contribution < -0.4 is 0 Å². The summed E-state index contributed by atoms with van der Waals surface area (Å²) in [5, 5.41) is 0. The van der Waals surface area contributed by atoms with Gasteiger partial charge >= 0.3 is 11.9 Å². The van der Waals surface area contributed by atoms with E-state index in [2.05, 4.69) is 9.80 Å². The zero-order valence-electron chi connectivity index (χ0n) is 17.8. The number of benzene rings is 2. The number of carbonyl (C=O) groups excluding carboxylic acids is 2. The fourth-order valence-corrected chi connectivity index (χ4v) is 3.32. The van der Waals surface area contributed by atoms with Crippen molar-refractivity contribution in [2.75, 3.05) is 52.5 Å². The first-order chi connectivity index (χ1) is 14.5. The fraction of sp³-hybridized carbons (Fsp3) is 0.417. The van der Waals surface area contributed by atoms with Crippen LogP contribution in [0.3, 0.4) is 0 Å². The van der Waals surface area contributed by atoms with Gasteiger partial charge in [0, 0.05) is 39.3 Å². The van der Waals surface area contributed by atoms with Gasteiger partial charge in [-0.05, 0) is 38.1 Å². The Hall–Kier alpha value is -2.70. The number of esters is 2. The third-order valence-electron chi connectivity index (χ3n) is 5.32. The fourth-order valence-electron chi connectivity index (χ4n) is 3.32. The van der Waals surface area contributed by atoms with Crippen LogP contribution in [0.5, 0.6) is 0 Å². The van der Waals surface area contributed by atoms with Gasteiger partial charge in [-0.2, -0.15) is 0 Å². The Morgan fingerprint density at radius 2 is 1.00 bits per heavy atom. The van der Waals surface area contributed by atoms with E-state index in [1.54, 1.807) is 24.3 Å². The molecule has 0 spiro atoms. The molecule has 0 bridgehead atoms. The lowest BCUT2D eigenvalue weighted by Crippen LogP contribution is -2.48. The molecular formula is C24H30N2O4. The Balaban J connectivity index is 1.28. The van der Waals surface area contributed by atoms with Gasteiger partial charge in [0.1, 0.15) is 13.2 Å². The Labute approximate surface area is 178 Å². The monoisotopic (exact) mass is 410 g/mol. The highest BCUT2D eigenvalue weighted by Crippen LogP contribution is 2.07. The first kappa shape index (κ1) is 22.0. The zero-order valence-corrected chi connectivity index (χ0v) is 17.8. The molecule has 6 heteroatoms. The van der Waals surface area contributed by atoms with E-state index in [9.17, 15) is 9.59 Å². The van der Waals surface area contributed by atoms with Gasteiger partial charge in [-0.15, -0.1) is 0 Å². The summed E-state index contributed by atoms with van der Waals surface area (Å²) in [6.07, 6.45) is 0. The molecule has 0 saturated carbocycles.